The highest BCUT2D eigenvalue weighted by Crippen LogP contribution is 2.17. The molecule has 0 amide bonds. The maximum absolute atomic E-state index is 8.20. The van der Waals surface area contributed by atoms with Crippen LogP contribution in [-0.2, 0) is 0 Å². The van der Waals surface area contributed by atoms with Crippen LogP contribution in [-0.4, -0.2) is 13.1 Å². The summed E-state index contributed by atoms with van der Waals surface area (Å²) in [5.41, 5.74) is 0.328. The molecule has 68 valence electrons. The van der Waals surface area contributed by atoms with E-state index in [2.05, 4.69) is 31.0 Å². The summed E-state index contributed by atoms with van der Waals surface area (Å²) in [6.45, 7) is 7.85. The van der Waals surface area contributed by atoms with Crippen LogP contribution in [0.2, 0.25) is 0 Å². The third-order valence-electron chi connectivity index (χ3n) is 1.39. The second-order valence-corrected chi connectivity index (χ2v) is 3.95. The number of hydrogen-bond acceptors (Lipinski definition) is 3. The predicted octanol–water partition coefficient (Wildman–Crippen LogP) is 2.79. The SMILES string of the molecule is CC(C)(C)CCN=NCCC#N. The van der Waals surface area contributed by atoms with Crippen LogP contribution in [0.3, 0.4) is 0 Å². The fourth-order valence-electron chi connectivity index (χ4n) is 0.627. The van der Waals surface area contributed by atoms with Crippen LogP contribution in [0.1, 0.15) is 33.6 Å². The van der Waals surface area contributed by atoms with Crippen molar-refractivity contribution < 1.29 is 0 Å². The minimum atomic E-state index is 0.328. The first-order valence-corrected chi connectivity index (χ1v) is 4.26. The smallest absolute Gasteiger partial charge is 0.0728 e. The summed E-state index contributed by atoms with van der Waals surface area (Å²) >= 11 is 0. The van der Waals surface area contributed by atoms with Crippen molar-refractivity contribution in [3.05, 3.63) is 0 Å². The predicted molar refractivity (Wildman–Crippen MR) is 48.9 cm³/mol. The lowest BCUT2D eigenvalue weighted by Crippen LogP contribution is -2.05. The molecule has 0 saturated carbocycles. The molecule has 0 aromatic rings. The maximum atomic E-state index is 8.20. The van der Waals surface area contributed by atoms with E-state index in [0.29, 0.717) is 18.4 Å². The fraction of sp³-hybridized carbons (Fsp3) is 0.889. The van der Waals surface area contributed by atoms with Gasteiger partial charge in [0.05, 0.1) is 25.6 Å². The van der Waals surface area contributed by atoms with Gasteiger partial charge in [-0.1, -0.05) is 20.8 Å². The summed E-state index contributed by atoms with van der Waals surface area (Å²) in [6, 6.07) is 2.02. The average molecular weight is 167 g/mol. The molecule has 0 rings (SSSR count). The Bertz CT molecular complexity index is 171. The van der Waals surface area contributed by atoms with Crippen LogP contribution in [0.4, 0.5) is 0 Å². The van der Waals surface area contributed by atoms with Gasteiger partial charge in [-0.3, -0.25) is 0 Å². The molecule has 0 aromatic heterocycles. The highest BCUT2D eigenvalue weighted by Gasteiger charge is 2.08. The van der Waals surface area contributed by atoms with Crippen molar-refractivity contribution in [2.45, 2.75) is 33.6 Å². The Morgan fingerprint density at radius 2 is 1.75 bits per heavy atom. The first-order valence-electron chi connectivity index (χ1n) is 4.26. The van der Waals surface area contributed by atoms with E-state index in [1.807, 2.05) is 6.07 Å². The molecule has 0 unspecified atom stereocenters. The summed E-state index contributed by atoms with van der Waals surface area (Å²) in [4.78, 5) is 0. The molecule has 0 saturated heterocycles. The van der Waals surface area contributed by atoms with Crippen molar-refractivity contribution >= 4 is 0 Å². The Balaban J connectivity index is 3.32. The van der Waals surface area contributed by atoms with Crippen molar-refractivity contribution in [3.63, 3.8) is 0 Å². The molecule has 0 spiro atoms. The zero-order valence-electron chi connectivity index (χ0n) is 8.17. The van der Waals surface area contributed by atoms with E-state index >= 15 is 0 Å². The first kappa shape index (κ1) is 11.1. The number of rotatable bonds is 4. The van der Waals surface area contributed by atoms with Gasteiger partial charge in [-0.2, -0.15) is 15.5 Å². The molecule has 0 bridgehead atoms. The van der Waals surface area contributed by atoms with E-state index in [-0.39, 0.29) is 0 Å². The molecule has 0 aromatic carbocycles. The van der Waals surface area contributed by atoms with Gasteiger partial charge >= 0.3 is 0 Å². The van der Waals surface area contributed by atoms with Crippen LogP contribution in [0.5, 0.6) is 0 Å². The molecule has 0 aliphatic heterocycles. The van der Waals surface area contributed by atoms with Gasteiger partial charge in [0, 0.05) is 0 Å². The molecule has 3 heteroatoms. The van der Waals surface area contributed by atoms with Crippen LogP contribution < -0.4 is 0 Å². The molecule has 0 aliphatic carbocycles. The van der Waals surface area contributed by atoms with Gasteiger partial charge in [0.1, 0.15) is 0 Å². The summed E-state index contributed by atoms with van der Waals surface area (Å²) < 4.78 is 0. The topological polar surface area (TPSA) is 48.5 Å². The quantitative estimate of drug-likeness (QED) is 0.469. The van der Waals surface area contributed by atoms with Gasteiger partial charge in [-0.25, -0.2) is 0 Å². The monoisotopic (exact) mass is 167 g/mol. The van der Waals surface area contributed by atoms with Crippen LogP contribution in [0.25, 0.3) is 0 Å². The lowest BCUT2D eigenvalue weighted by atomic mass is 9.93. The van der Waals surface area contributed by atoms with Crippen LogP contribution >= 0.6 is 0 Å². The molecular formula is C9H17N3. The fourth-order valence-corrected chi connectivity index (χ4v) is 0.627. The number of azo groups is 1. The zero-order chi connectivity index (χ0) is 9.45. The van der Waals surface area contributed by atoms with E-state index in [0.717, 1.165) is 13.0 Å². The van der Waals surface area contributed by atoms with E-state index in [4.69, 9.17) is 5.26 Å². The maximum Gasteiger partial charge on any atom is 0.0728 e. The molecular weight excluding hydrogens is 150 g/mol. The lowest BCUT2D eigenvalue weighted by molar-refractivity contribution is 0.382. The Morgan fingerprint density at radius 1 is 1.17 bits per heavy atom. The minimum Gasteiger partial charge on any atom is -0.198 e. The summed E-state index contributed by atoms with van der Waals surface area (Å²) in [5, 5.41) is 16.0. The van der Waals surface area contributed by atoms with Crippen molar-refractivity contribution in [1.29, 1.82) is 5.26 Å². The van der Waals surface area contributed by atoms with Crippen molar-refractivity contribution in [3.8, 4) is 6.07 Å². The largest absolute Gasteiger partial charge is 0.198 e. The van der Waals surface area contributed by atoms with E-state index in [1.54, 1.807) is 0 Å². The van der Waals surface area contributed by atoms with E-state index in [9.17, 15) is 0 Å². The third-order valence-corrected chi connectivity index (χ3v) is 1.39. The normalized spacial score (nSPS) is 11.8. The molecule has 12 heavy (non-hydrogen) atoms. The molecule has 0 atom stereocenters. The highest BCUT2D eigenvalue weighted by molar-refractivity contribution is 4.69. The number of nitriles is 1. The molecule has 0 fully saturated rings. The Kier molecular flexibility index (Phi) is 5.27. The average Bonchev–Trinajstić information content (AvgIpc) is 1.94. The molecule has 0 aliphatic rings. The first-order chi connectivity index (χ1) is 5.56. The summed E-state index contributed by atoms with van der Waals surface area (Å²) in [7, 11) is 0. The van der Waals surface area contributed by atoms with Crippen molar-refractivity contribution in [2.24, 2.45) is 15.6 Å². The highest BCUT2D eigenvalue weighted by atomic mass is 15.1. The van der Waals surface area contributed by atoms with E-state index in [1.165, 1.54) is 0 Å². The van der Waals surface area contributed by atoms with Crippen LogP contribution in [0.15, 0.2) is 10.2 Å². The summed E-state index contributed by atoms with van der Waals surface area (Å²) in [6.07, 6.45) is 1.52. The second-order valence-electron chi connectivity index (χ2n) is 3.95. The number of nitrogens with zero attached hydrogens (tertiary/aromatic N) is 3. The zero-order valence-corrected chi connectivity index (χ0v) is 8.17. The minimum absolute atomic E-state index is 0.328. The molecule has 0 heterocycles. The Morgan fingerprint density at radius 3 is 2.25 bits per heavy atom. The van der Waals surface area contributed by atoms with Crippen LogP contribution in [0, 0.1) is 16.7 Å². The number of hydrogen-bond donors (Lipinski definition) is 0. The van der Waals surface area contributed by atoms with Gasteiger partial charge in [0.25, 0.3) is 0 Å². The van der Waals surface area contributed by atoms with Gasteiger partial charge in [-0.15, -0.1) is 0 Å². The molecule has 3 nitrogen and oxygen atoms in total. The van der Waals surface area contributed by atoms with Crippen molar-refractivity contribution in [1.82, 2.24) is 0 Å². The van der Waals surface area contributed by atoms with Gasteiger partial charge in [0.2, 0.25) is 0 Å². The second kappa shape index (κ2) is 5.70. The Hall–Kier alpha value is -0.910. The Labute approximate surface area is 74.5 Å². The molecule has 0 N–H and O–H groups in total. The third kappa shape index (κ3) is 9.09. The van der Waals surface area contributed by atoms with E-state index < -0.39 is 0 Å². The van der Waals surface area contributed by atoms with Gasteiger partial charge in [-0.05, 0) is 11.8 Å². The lowest BCUT2D eigenvalue weighted by Gasteiger charge is -2.15. The summed E-state index contributed by atoms with van der Waals surface area (Å²) in [5.74, 6) is 0. The van der Waals surface area contributed by atoms with Gasteiger partial charge in [0.15, 0.2) is 0 Å². The molecule has 0 radical (unpaired) electrons. The van der Waals surface area contributed by atoms with Gasteiger partial charge < -0.3 is 0 Å². The standard InChI is InChI=1S/C9H17N3/c1-9(2,3)5-8-12-11-7-4-6-10/h4-5,7-8H2,1-3H3. The van der Waals surface area contributed by atoms with Crippen molar-refractivity contribution in [2.75, 3.05) is 13.1 Å².